The molecule has 1 aliphatic rings. The molecule has 0 saturated carbocycles. The summed E-state index contributed by atoms with van der Waals surface area (Å²) in [6.07, 6.45) is 1.26. The zero-order valence-electron chi connectivity index (χ0n) is 14.8. The lowest BCUT2D eigenvalue weighted by atomic mass is 10.1. The molecule has 2 aromatic rings. The van der Waals surface area contributed by atoms with Crippen LogP contribution < -0.4 is 15.0 Å². The van der Waals surface area contributed by atoms with Gasteiger partial charge in [0.25, 0.3) is 11.8 Å². The number of thiocyanates is 1. The first-order valence-corrected chi connectivity index (χ1v) is 9.60. The van der Waals surface area contributed by atoms with Crippen molar-refractivity contribution in [3.8, 4) is 16.9 Å². The summed E-state index contributed by atoms with van der Waals surface area (Å²) in [5.74, 6) is -1.81. The lowest BCUT2D eigenvalue weighted by molar-refractivity contribution is -0.122. The molecule has 1 saturated heterocycles. The number of barbiturate groups is 1. The van der Waals surface area contributed by atoms with Gasteiger partial charge in [0.2, 0.25) is 0 Å². The van der Waals surface area contributed by atoms with Crippen LogP contribution in [0.3, 0.4) is 0 Å². The van der Waals surface area contributed by atoms with E-state index in [0.717, 1.165) is 9.37 Å². The number of nitrogens with one attached hydrogen (secondary N) is 1. The van der Waals surface area contributed by atoms with Crippen LogP contribution >= 0.6 is 27.7 Å². The Morgan fingerprint density at radius 1 is 1.24 bits per heavy atom. The smallest absolute Gasteiger partial charge is 0.335 e. The SMILES string of the molecule is COc1cc(/C=C2/C(=O)NC(=O)N(c3ccc(Br)cc3)C2=O)cc(SC#N)c1O. The van der Waals surface area contributed by atoms with Gasteiger partial charge in [0.05, 0.1) is 17.7 Å². The number of nitriles is 1. The molecule has 0 aliphatic carbocycles. The highest BCUT2D eigenvalue weighted by molar-refractivity contribution is 9.10. The number of methoxy groups -OCH3 is 1. The van der Waals surface area contributed by atoms with Gasteiger partial charge in [-0.2, -0.15) is 5.26 Å². The molecule has 0 unspecified atom stereocenters. The fourth-order valence-corrected chi connectivity index (χ4v) is 3.37. The Hall–Kier alpha value is -3.29. The minimum absolute atomic E-state index is 0.0709. The number of aromatic hydroxyl groups is 1. The molecular formula is C19H12BrN3O5S. The number of halogens is 1. The third-order valence-corrected chi connectivity index (χ3v) is 5.09. The number of phenolic OH excluding ortho intramolecular Hbond substituents is 1. The standard InChI is InChI=1S/C19H12BrN3O5S/c1-28-14-7-10(8-15(16(14)24)29-9-21)6-13-17(25)22-19(27)23(18(13)26)12-4-2-11(20)3-5-12/h2-8,24H,1H3,(H,22,25,27)/b13-6-. The molecule has 0 radical (unpaired) electrons. The van der Waals surface area contributed by atoms with Gasteiger partial charge in [-0.3, -0.25) is 14.9 Å². The summed E-state index contributed by atoms with van der Waals surface area (Å²) in [7, 11) is 1.33. The number of nitrogens with zero attached hydrogens (tertiary/aromatic N) is 2. The first kappa shape index (κ1) is 20.4. The number of carbonyl (C=O) groups excluding carboxylic acids is 3. The lowest BCUT2D eigenvalue weighted by Gasteiger charge is -2.26. The first-order valence-electron chi connectivity index (χ1n) is 7.99. The minimum atomic E-state index is -0.858. The van der Waals surface area contributed by atoms with Crippen molar-refractivity contribution < 1.29 is 24.2 Å². The quantitative estimate of drug-likeness (QED) is 0.302. The van der Waals surface area contributed by atoms with Crippen LogP contribution in [0.4, 0.5) is 10.5 Å². The molecule has 0 spiro atoms. The van der Waals surface area contributed by atoms with E-state index in [2.05, 4.69) is 21.2 Å². The monoisotopic (exact) mass is 473 g/mol. The highest BCUT2D eigenvalue weighted by Crippen LogP contribution is 2.38. The van der Waals surface area contributed by atoms with Gasteiger partial charge in [-0.25, -0.2) is 9.69 Å². The summed E-state index contributed by atoms with van der Waals surface area (Å²) in [6, 6.07) is 8.41. The third-order valence-electron chi connectivity index (χ3n) is 3.94. The average Bonchev–Trinajstić information content (AvgIpc) is 2.68. The molecule has 1 aliphatic heterocycles. The first-order chi connectivity index (χ1) is 13.8. The summed E-state index contributed by atoms with van der Waals surface area (Å²) in [4.78, 5) is 38.5. The van der Waals surface area contributed by atoms with Crippen LogP contribution in [-0.2, 0) is 9.59 Å². The Morgan fingerprint density at radius 3 is 2.55 bits per heavy atom. The normalized spacial score (nSPS) is 15.3. The van der Waals surface area contributed by atoms with E-state index in [9.17, 15) is 19.5 Å². The van der Waals surface area contributed by atoms with E-state index in [-0.39, 0.29) is 27.7 Å². The maximum atomic E-state index is 12.9. The van der Waals surface area contributed by atoms with E-state index in [1.807, 2.05) is 5.40 Å². The number of thioether (sulfide) groups is 1. The Labute approximate surface area is 177 Å². The van der Waals surface area contributed by atoms with Gasteiger partial charge >= 0.3 is 6.03 Å². The molecule has 146 valence electrons. The average molecular weight is 474 g/mol. The minimum Gasteiger partial charge on any atom is -0.503 e. The van der Waals surface area contributed by atoms with Gasteiger partial charge in [0, 0.05) is 4.47 Å². The van der Waals surface area contributed by atoms with Crippen LogP contribution in [0.2, 0.25) is 0 Å². The summed E-state index contributed by atoms with van der Waals surface area (Å²) >= 11 is 3.98. The van der Waals surface area contributed by atoms with Gasteiger partial charge in [-0.1, -0.05) is 15.9 Å². The molecule has 2 N–H and O–H groups in total. The number of imide groups is 2. The molecule has 0 atom stereocenters. The Bertz CT molecular complexity index is 1090. The second-order valence-corrected chi connectivity index (χ2v) is 7.44. The van der Waals surface area contributed by atoms with Crippen LogP contribution in [-0.4, -0.2) is 30.1 Å². The van der Waals surface area contributed by atoms with Crippen molar-refractivity contribution in [3.63, 3.8) is 0 Å². The summed E-state index contributed by atoms with van der Waals surface area (Å²) < 4.78 is 5.84. The van der Waals surface area contributed by atoms with Crippen LogP contribution in [0.5, 0.6) is 11.5 Å². The second-order valence-electron chi connectivity index (χ2n) is 5.70. The number of ether oxygens (including phenoxy) is 1. The fraction of sp³-hybridized carbons (Fsp3) is 0.0526. The number of hydrogen-bond acceptors (Lipinski definition) is 7. The van der Waals surface area contributed by atoms with E-state index in [0.29, 0.717) is 17.3 Å². The molecule has 29 heavy (non-hydrogen) atoms. The molecule has 4 amide bonds. The number of anilines is 1. The fourth-order valence-electron chi connectivity index (χ4n) is 2.62. The Kier molecular flexibility index (Phi) is 5.91. The maximum absolute atomic E-state index is 12.9. The molecule has 1 fully saturated rings. The van der Waals surface area contributed by atoms with Crippen LogP contribution in [0, 0.1) is 10.7 Å². The summed E-state index contributed by atoms with van der Waals surface area (Å²) in [5.41, 5.74) is 0.340. The van der Waals surface area contributed by atoms with Crippen LogP contribution in [0.1, 0.15) is 5.56 Å². The molecule has 3 rings (SSSR count). The highest BCUT2D eigenvalue weighted by Gasteiger charge is 2.36. The van der Waals surface area contributed by atoms with Crippen LogP contribution in [0.25, 0.3) is 6.08 Å². The zero-order valence-corrected chi connectivity index (χ0v) is 17.2. The Balaban J connectivity index is 2.06. The number of rotatable bonds is 4. The summed E-state index contributed by atoms with van der Waals surface area (Å²) in [6.45, 7) is 0. The largest absolute Gasteiger partial charge is 0.503 e. The van der Waals surface area contributed by atoms with E-state index < -0.39 is 17.8 Å². The molecule has 10 heteroatoms. The van der Waals surface area contributed by atoms with Crippen molar-refractivity contribution >= 4 is 57.3 Å². The van der Waals surface area contributed by atoms with Crippen molar-refractivity contribution in [2.45, 2.75) is 4.90 Å². The van der Waals surface area contributed by atoms with Gasteiger partial charge in [-0.05, 0) is 59.8 Å². The molecule has 8 nitrogen and oxygen atoms in total. The van der Waals surface area contributed by atoms with E-state index in [1.165, 1.54) is 25.3 Å². The zero-order chi connectivity index (χ0) is 21.1. The van der Waals surface area contributed by atoms with Gasteiger partial charge in [0.15, 0.2) is 11.5 Å². The van der Waals surface area contributed by atoms with Crippen molar-refractivity contribution in [2.24, 2.45) is 0 Å². The van der Waals surface area contributed by atoms with Crippen molar-refractivity contribution in [1.29, 1.82) is 5.26 Å². The Morgan fingerprint density at radius 2 is 1.93 bits per heavy atom. The third kappa shape index (κ3) is 4.11. The number of phenols is 1. The second kappa shape index (κ2) is 8.38. The predicted octanol–water partition coefficient (Wildman–Crippen LogP) is 3.40. The predicted molar refractivity (Wildman–Crippen MR) is 109 cm³/mol. The molecule has 0 bridgehead atoms. The number of benzene rings is 2. The lowest BCUT2D eigenvalue weighted by Crippen LogP contribution is -2.54. The maximum Gasteiger partial charge on any atom is 0.335 e. The molecule has 0 aromatic heterocycles. The number of amides is 4. The van der Waals surface area contributed by atoms with E-state index in [1.54, 1.807) is 24.3 Å². The highest BCUT2D eigenvalue weighted by atomic mass is 79.9. The van der Waals surface area contributed by atoms with Crippen molar-refractivity contribution in [2.75, 3.05) is 12.0 Å². The molecule has 2 aromatic carbocycles. The number of urea groups is 1. The molecule has 1 heterocycles. The van der Waals surface area contributed by atoms with Gasteiger partial charge < -0.3 is 9.84 Å². The van der Waals surface area contributed by atoms with Crippen molar-refractivity contribution in [3.05, 3.63) is 52.0 Å². The number of hydrogen-bond donors (Lipinski definition) is 2. The van der Waals surface area contributed by atoms with E-state index in [4.69, 9.17) is 10.00 Å². The number of carbonyl (C=O) groups is 3. The molecular weight excluding hydrogens is 462 g/mol. The topological polar surface area (TPSA) is 120 Å². The van der Waals surface area contributed by atoms with Gasteiger partial charge in [0.1, 0.15) is 11.0 Å². The van der Waals surface area contributed by atoms with E-state index >= 15 is 0 Å². The summed E-state index contributed by atoms with van der Waals surface area (Å²) in [5, 5.41) is 22.9. The van der Waals surface area contributed by atoms with Gasteiger partial charge in [-0.15, -0.1) is 0 Å². The van der Waals surface area contributed by atoms with Crippen LogP contribution in [0.15, 0.2) is 51.3 Å². The van der Waals surface area contributed by atoms with Crippen molar-refractivity contribution in [1.82, 2.24) is 5.32 Å².